The van der Waals surface area contributed by atoms with E-state index >= 15 is 0 Å². The second-order valence-electron chi connectivity index (χ2n) is 7.33. The van der Waals surface area contributed by atoms with Crippen molar-refractivity contribution < 1.29 is 19.3 Å². The van der Waals surface area contributed by atoms with Crippen LogP contribution in [0.2, 0.25) is 0 Å². The molecule has 8 heteroatoms. The normalized spacial score (nSPS) is 18.7. The summed E-state index contributed by atoms with van der Waals surface area (Å²) in [6, 6.07) is 17.7. The summed E-state index contributed by atoms with van der Waals surface area (Å²) in [6.45, 7) is 2.01. The van der Waals surface area contributed by atoms with E-state index in [2.05, 4.69) is 32.9 Å². The van der Waals surface area contributed by atoms with Crippen LogP contribution in [0, 0.1) is 5.92 Å². The van der Waals surface area contributed by atoms with Crippen molar-refractivity contribution >= 4 is 23.0 Å². The maximum atomic E-state index is 12.2. The fraction of sp³-hybridized carbons (Fsp3) is 0.333. The minimum atomic E-state index is -0.353. The molecule has 1 aliphatic carbocycles. The van der Waals surface area contributed by atoms with Gasteiger partial charge in [-0.2, -0.15) is 0 Å². The number of nitrogens with one attached hydrogen (secondary N) is 1. The first-order chi connectivity index (χ1) is 15.6. The molecule has 3 rings (SSSR count). The van der Waals surface area contributed by atoms with Crippen molar-refractivity contribution in [2.75, 3.05) is 21.3 Å². The molecule has 1 N–H and O–H groups in total. The number of nitrogens with zero attached hydrogens (tertiary/aromatic N) is 3. The molecule has 0 spiro atoms. The molecule has 2 atom stereocenters. The van der Waals surface area contributed by atoms with Gasteiger partial charge in [0.25, 0.3) is 5.91 Å². The fourth-order valence-electron chi connectivity index (χ4n) is 3.61. The van der Waals surface area contributed by atoms with Gasteiger partial charge in [0.15, 0.2) is 5.71 Å². The van der Waals surface area contributed by atoms with Gasteiger partial charge in [-0.3, -0.25) is 4.79 Å². The van der Waals surface area contributed by atoms with Crippen LogP contribution in [0.1, 0.15) is 36.0 Å². The van der Waals surface area contributed by atoms with Crippen LogP contribution in [0.3, 0.4) is 0 Å². The number of hydrogen-bond donors (Lipinski definition) is 1. The molecule has 2 unspecified atom stereocenters. The van der Waals surface area contributed by atoms with Crippen molar-refractivity contribution in [3.05, 3.63) is 71.3 Å². The minimum absolute atomic E-state index is 0.153. The van der Waals surface area contributed by atoms with Gasteiger partial charge in [0.2, 0.25) is 0 Å². The summed E-state index contributed by atoms with van der Waals surface area (Å²) < 4.78 is 0. The van der Waals surface area contributed by atoms with Crippen LogP contribution in [0.25, 0.3) is 0 Å². The number of oxime groups is 3. The van der Waals surface area contributed by atoms with E-state index in [1.165, 1.54) is 26.8 Å². The Hall–Kier alpha value is -3.68. The van der Waals surface area contributed by atoms with Crippen LogP contribution < -0.4 is 5.32 Å². The van der Waals surface area contributed by atoms with E-state index in [1.807, 2.05) is 43.3 Å². The summed E-state index contributed by atoms with van der Waals surface area (Å²) in [5.41, 5.74) is 4.25. The Morgan fingerprint density at radius 1 is 1.00 bits per heavy atom. The molecule has 0 saturated heterocycles. The highest BCUT2D eigenvalue weighted by molar-refractivity contribution is 6.45. The Morgan fingerprint density at radius 2 is 1.69 bits per heavy atom. The Bertz CT molecular complexity index is 1020. The number of rotatable bonds is 10. The molecule has 32 heavy (non-hydrogen) atoms. The molecule has 1 aliphatic rings. The molecule has 1 saturated carbocycles. The summed E-state index contributed by atoms with van der Waals surface area (Å²) in [7, 11) is 4.46. The predicted octanol–water partition coefficient (Wildman–Crippen LogP) is 3.48. The highest BCUT2D eigenvalue weighted by atomic mass is 16.6. The summed E-state index contributed by atoms with van der Waals surface area (Å²) in [4.78, 5) is 27.8. The maximum Gasteiger partial charge on any atom is 0.273 e. The lowest BCUT2D eigenvalue weighted by Crippen LogP contribution is -2.29. The van der Waals surface area contributed by atoms with Crippen LogP contribution in [-0.4, -0.2) is 44.3 Å². The summed E-state index contributed by atoms with van der Waals surface area (Å²) in [5, 5.41) is 14.9. The topological polar surface area (TPSA) is 93.9 Å². The highest BCUT2D eigenvalue weighted by Crippen LogP contribution is 2.48. The van der Waals surface area contributed by atoms with Crippen LogP contribution >= 0.6 is 0 Å². The van der Waals surface area contributed by atoms with Crippen LogP contribution in [-0.2, 0) is 25.9 Å². The molecule has 2 aromatic rings. The smallest absolute Gasteiger partial charge is 0.273 e. The molecule has 0 aliphatic heterocycles. The largest absolute Gasteiger partial charge is 0.399 e. The van der Waals surface area contributed by atoms with E-state index in [0.717, 1.165) is 17.7 Å². The number of carbonyl (C=O) groups is 1. The maximum absolute atomic E-state index is 12.2. The molecule has 168 valence electrons. The van der Waals surface area contributed by atoms with Crippen molar-refractivity contribution in [1.29, 1.82) is 0 Å². The first-order valence-corrected chi connectivity index (χ1v) is 10.3. The number of carbonyl (C=O) groups excluding carboxylic acids is 1. The lowest BCUT2D eigenvalue weighted by Gasteiger charge is -2.10. The fourth-order valence-corrected chi connectivity index (χ4v) is 3.61. The minimum Gasteiger partial charge on any atom is -0.399 e. The number of likely N-dealkylation sites (N-methyl/N-ethyl adjacent to an activating group) is 1. The Balaban J connectivity index is 1.72. The van der Waals surface area contributed by atoms with Crippen molar-refractivity contribution in [1.82, 2.24) is 5.32 Å². The monoisotopic (exact) mass is 436 g/mol. The quantitative estimate of drug-likeness (QED) is 0.456. The number of hydrogen-bond acceptors (Lipinski definition) is 7. The van der Waals surface area contributed by atoms with Gasteiger partial charge in [0.05, 0.1) is 0 Å². The van der Waals surface area contributed by atoms with Gasteiger partial charge < -0.3 is 19.8 Å². The molecule has 0 bridgehead atoms. The van der Waals surface area contributed by atoms with Crippen LogP contribution in [0.15, 0.2) is 70.1 Å². The lowest BCUT2D eigenvalue weighted by atomic mass is 10.0. The summed E-state index contributed by atoms with van der Waals surface area (Å²) in [6.07, 6.45) is 0.991. The third kappa shape index (κ3) is 5.51. The third-order valence-electron chi connectivity index (χ3n) is 5.25. The zero-order valence-electron chi connectivity index (χ0n) is 18.7. The summed E-state index contributed by atoms with van der Waals surface area (Å²) >= 11 is 0. The average Bonchev–Trinajstić information content (AvgIpc) is 3.62. The SMILES string of the molecule is CNC(=O)/C(=N\OC)c1ccccc1CO/N=C(C)/C(=N/OC)C1CC1c1ccccc1. The molecular weight excluding hydrogens is 408 g/mol. The van der Waals surface area contributed by atoms with Crippen molar-refractivity contribution in [2.24, 2.45) is 21.4 Å². The number of benzene rings is 2. The van der Waals surface area contributed by atoms with Crippen molar-refractivity contribution in [3.63, 3.8) is 0 Å². The number of amides is 1. The van der Waals surface area contributed by atoms with E-state index in [1.54, 1.807) is 6.07 Å². The molecule has 0 radical (unpaired) electrons. The van der Waals surface area contributed by atoms with Gasteiger partial charge in [0, 0.05) is 24.1 Å². The molecule has 0 heterocycles. The average molecular weight is 437 g/mol. The molecule has 8 nitrogen and oxygen atoms in total. The lowest BCUT2D eigenvalue weighted by molar-refractivity contribution is -0.114. The molecule has 1 amide bonds. The zero-order chi connectivity index (χ0) is 22.9. The van der Waals surface area contributed by atoms with E-state index in [9.17, 15) is 4.79 Å². The highest BCUT2D eigenvalue weighted by Gasteiger charge is 2.43. The molecule has 0 aromatic heterocycles. The van der Waals surface area contributed by atoms with Gasteiger partial charge in [-0.1, -0.05) is 70.1 Å². The first kappa shape index (κ1) is 23.0. The zero-order valence-corrected chi connectivity index (χ0v) is 18.7. The van der Waals surface area contributed by atoms with E-state index in [-0.39, 0.29) is 24.1 Å². The van der Waals surface area contributed by atoms with Gasteiger partial charge in [0.1, 0.15) is 32.2 Å². The third-order valence-corrected chi connectivity index (χ3v) is 5.25. The van der Waals surface area contributed by atoms with Crippen LogP contribution in [0.4, 0.5) is 0 Å². The Kier molecular flexibility index (Phi) is 7.96. The van der Waals surface area contributed by atoms with Gasteiger partial charge in [-0.15, -0.1) is 0 Å². The van der Waals surface area contributed by atoms with Gasteiger partial charge in [-0.05, 0) is 24.8 Å². The van der Waals surface area contributed by atoms with Crippen LogP contribution in [0.5, 0.6) is 0 Å². The first-order valence-electron chi connectivity index (χ1n) is 10.3. The molecular formula is C24H28N4O4. The van der Waals surface area contributed by atoms with E-state index < -0.39 is 0 Å². The van der Waals surface area contributed by atoms with E-state index in [4.69, 9.17) is 14.5 Å². The predicted molar refractivity (Wildman–Crippen MR) is 124 cm³/mol. The van der Waals surface area contributed by atoms with Gasteiger partial charge in [-0.25, -0.2) is 0 Å². The standard InChI is InChI=1S/C24H28N4O4/c1-16(22(27-30-3)21-14-20(21)17-10-6-5-7-11-17)26-32-15-18-12-8-9-13-19(18)23(28-31-4)24(29)25-2/h5-13,20-21H,14-15H2,1-4H3,(H,25,29)/b26-16+,27-22-,28-23-. The molecule has 2 aromatic carbocycles. The summed E-state index contributed by atoms with van der Waals surface area (Å²) in [5.74, 6) is 0.288. The Labute approximate surface area is 187 Å². The molecule has 1 fully saturated rings. The second-order valence-corrected chi connectivity index (χ2v) is 7.33. The Morgan fingerprint density at radius 3 is 2.38 bits per heavy atom. The van der Waals surface area contributed by atoms with E-state index in [0.29, 0.717) is 17.2 Å². The van der Waals surface area contributed by atoms with Crippen molar-refractivity contribution in [2.45, 2.75) is 25.9 Å². The van der Waals surface area contributed by atoms with Crippen molar-refractivity contribution in [3.8, 4) is 0 Å². The van der Waals surface area contributed by atoms with Gasteiger partial charge >= 0.3 is 0 Å². The second kappa shape index (κ2) is 11.1.